The second kappa shape index (κ2) is 8.62. The number of aliphatic carboxylic acids is 1. The van der Waals surface area contributed by atoms with E-state index in [1.54, 1.807) is 37.3 Å². The molecule has 1 aromatic heterocycles. The number of sulfone groups is 1. The lowest BCUT2D eigenvalue weighted by Crippen LogP contribution is -2.37. The Morgan fingerprint density at radius 3 is 2.50 bits per heavy atom. The van der Waals surface area contributed by atoms with Crippen molar-refractivity contribution in [3.8, 4) is 5.69 Å². The number of benzene rings is 2. The van der Waals surface area contributed by atoms with Gasteiger partial charge in [-0.1, -0.05) is 29.8 Å². The summed E-state index contributed by atoms with van der Waals surface area (Å²) in [6, 6.07) is 10.9. The monoisotopic (exact) mass is 513 g/mol. The molecule has 0 radical (unpaired) electrons. The third-order valence-corrected chi connectivity index (χ3v) is 8.07. The molecule has 1 saturated heterocycles. The van der Waals surface area contributed by atoms with Crippen LogP contribution in [0, 0.1) is 6.92 Å². The van der Waals surface area contributed by atoms with Crippen LogP contribution in [0.25, 0.3) is 5.69 Å². The van der Waals surface area contributed by atoms with E-state index in [1.807, 2.05) is 0 Å². The molecule has 2 aromatic carbocycles. The van der Waals surface area contributed by atoms with E-state index in [2.05, 4.69) is 5.10 Å². The smallest absolute Gasteiger partial charge is 0.417 e. The van der Waals surface area contributed by atoms with Gasteiger partial charge in [0.25, 0.3) is 0 Å². The molecule has 0 bridgehead atoms. The maximum absolute atomic E-state index is 13.5. The summed E-state index contributed by atoms with van der Waals surface area (Å²) in [5, 5.41) is 13.2. The summed E-state index contributed by atoms with van der Waals surface area (Å²) in [6.45, 7) is 1.36. The van der Waals surface area contributed by atoms with Gasteiger partial charge in [-0.25, -0.2) is 17.9 Å². The number of carbonyl (C=O) groups is 1. The van der Waals surface area contributed by atoms with E-state index in [-0.39, 0.29) is 13.0 Å². The van der Waals surface area contributed by atoms with E-state index in [0.29, 0.717) is 28.3 Å². The lowest BCUT2D eigenvalue weighted by molar-refractivity contribution is -0.140. The number of aromatic nitrogens is 2. The number of halogens is 4. The first-order valence-corrected chi connectivity index (χ1v) is 12.0. The van der Waals surface area contributed by atoms with E-state index in [1.165, 1.54) is 15.6 Å². The van der Waals surface area contributed by atoms with Crippen LogP contribution < -0.4 is 4.90 Å². The predicted octanol–water partition coefficient (Wildman–Crippen LogP) is 4.36. The summed E-state index contributed by atoms with van der Waals surface area (Å²) in [4.78, 5) is 12.5. The minimum Gasteiger partial charge on any atom is -0.480 e. The molecule has 0 amide bonds. The molecule has 4 rings (SSSR count). The van der Waals surface area contributed by atoms with Crippen molar-refractivity contribution in [3.63, 3.8) is 0 Å². The second-order valence-corrected chi connectivity index (χ2v) is 10.6. The largest absolute Gasteiger partial charge is 0.480 e. The van der Waals surface area contributed by atoms with Crippen LogP contribution in [0.2, 0.25) is 5.02 Å². The summed E-state index contributed by atoms with van der Waals surface area (Å²) in [6.07, 6.45) is -5.26. The quantitative estimate of drug-likeness (QED) is 0.545. The van der Waals surface area contributed by atoms with E-state index >= 15 is 0 Å². The number of hydrogen-bond donors (Lipinski definition) is 1. The third-order valence-electron chi connectivity index (χ3n) is 5.65. The Morgan fingerprint density at radius 1 is 1.15 bits per heavy atom. The summed E-state index contributed by atoms with van der Waals surface area (Å²) < 4.78 is 68.5. The third kappa shape index (κ3) is 4.37. The zero-order chi connectivity index (χ0) is 24.8. The highest BCUT2D eigenvalue weighted by Crippen LogP contribution is 2.39. The van der Waals surface area contributed by atoms with Crippen LogP contribution >= 0.6 is 11.6 Å². The van der Waals surface area contributed by atoms with E-state index in [0.717, 1.165) is 12.1 Å². The standard InChI is InChI=1S/C22H19ClF3N3O4S/c1-13-9-20(29(27-13)15-6-4-5-14(23)10-15)28-12-16(11-18(28)21(30)31)34(32,33)19-8-3-2-7-17(19)22(24,25)26/h2-10,16,18H,11-12H2,1H3,(H,30,31). The summed E-state index contributed by atoms with van der Waals surface area (Å²) in [5.41, 5.74) is -0.221. The highest BCUT2D eigenvalue weighted by Gasteiger charge is 2.47. The Bertz CT molecular complexity index is 1360. The van der Waals surface area contributed by atoms with Gasteiger partial charge >= 0.3 is 12.1 Å². The molecule has 0 aliphatic carbocycles. The number of aryl methyl sites for hydroxylation is 1. The van der Waals surface area contributed by atoms with Crippen LogP contribution in [0.15, 0.2) is 59.5 Å². The van der Waals surface area contributed by atoms with Crippen LogP contribution in [0.1, 0.15) is 17.7 Å². The van der Waals surface area contributed by atoms with Crippen molar-refractivity contribution in [2.45, 2.75) is 35.7 Å². The molecule has 12 heteroatoms. The maximum atomic E-state index is 13.5. The summed E-state index contributed by atoms with van der Waals surface area (Å²) in [7, 11) is -4.51. The van der Waals surface area contributed by atoms with Crippen molar-refractivity contribution in [1.82, 2.24) is 9.78 Å². The molecule has 2 unspecified atom stereocenters. The van der Waals surface area contributed by atoms with Crippen LogP contribution in [-0.4, -0.2) is 47.1 Å². The number of anilines is 1. The van der Waals surface area contributed by atoms with Gasteiger partial charge in [0.15, 0.2) is 9.84 Å². The average molecular weight is 514 g/mol. The van der Waals surface area contributed by atoms with Gasteiger partial charge in [0.1, 0.15) is 11.9 Å². The van der Waals surface area contributed by atoms with E-state index in [9.17, 15) is 31.5 Å². The molecule has 2 heterocycles. The zero-order valence-corrected chi connectivity index (χ0v) is 19.3. The average Bonchev–Trinajstić information content (AvgIpc) is 3.37. The SMILES string of the molecule is Cc1cc(N2CC(S(=O)(=O)c3ccccc3C(F)(F)F)CC2C(=O)O)n(-c2cccc(Cl)c2)n1. The van der Waals surface area contributed by atoms with Gasteiger partial charge in [-0.2, -0.15) is 18.3 Å². The van der Waals surface area contributed by atoms with Crippen molar-refractivity contribution < 1.29 is 31.5 Å². The number of rotatable bonds is 5. The van der Waals surface area contributed by atoms with Gasteiger partial charge in [-0.15, -0.1) is 0 Å². The van der Waals surface area contributed by atoms with Gasteiger partial charge < -0.3 is 10.0 Å². The Kier molecular flexibility index (Phi) is 6.11. The van der Waals surface area contributed by atoms with Crippen molar-refractivity contribution in [2.75, 3.05) is 11.4 Å². The first-order valence-electron chi connectivity index (χ1n) is 10.1. The van der Waals surface area contributed by atoms with Gasteiger partial charge in [0.2, 0.25) is 0 Å². The molecule has 1 N–H and O–H groups in total. The topological polar surface area (TPSA) is 92.5 Å². The van der Waals surface area contributed by atoms with Gasteiger partial charge in [-0.05, 0) is 43.7 Å². The minimum atomic E-state index is -4.88. The molecule has 0 spiro atoms. The van der Waals surface area contributed by atoms with Crippen molar-refractivity contribution in [1.29, 1.82) is 0 Å². The number of hydrogen-bond acceptors (Lipinski definition) is 5. The molecule has 1 aliphatic heterocycles. The fourth-order valence-corrected chi connectivity index (χ4v) is 6.22. The highest BCUT2D eigenvalue weighted by molar-refractivity contribution is 7.92. The fraction of sp³-hybridized carbons (Fsp3) is 0.273. The summed E-state index contributed by atoms with van der Waals surface area (Å²) >= 11 is 6.08. The Hall–Kier alpha value is -3.05. The Balaban J connectivity index is 1.77. The molecule has 1 aliphatic rings. The first-order chi connectivity index (χ1) is 15.9. The lowest BCUT2D eigenvalue weighted by atomic mass is 10.2. The van der Waals surface area contributed by atoms with Crippen LogP contribution in [0.5, 0.6) is 0 Å². The molecule has 0 saturated carbocycles. The lowest BCUT2D eigenvalue weighted by Gasteiger charge is -2.24. The molecule has 7 nitrogen and oxygen atoms in total. The number of carboxylic acid groups (broad SMARTS) is 1. The fourth-order valence-electron chi connectivity index (χ4n) is 4.13. The Labute approximate surface area is 198 Å². The van der Waals surface area contributed by atoms with Crippen LogP contribution in [0.4, 0.5) is 19.0 Å². The van der Waals surface area contributed by atoms with Crippen molar-refractivity contribution >= 4 is 33.2 Å². The molecule has 2 atom stereocenters. The molecule has 34 heavy (non-hydrogen) atoms. The molecule has 3 aromatic rings. The predicted molar refractivity (Wildman–Crippen MR) is 119 cm³/mol. The molecule has 180 valence electrons. The highest BCUT2D eigenvalue weighted by atomic mass is 35.5. The number of nitrogens with zero attached hydrogens (tertiary/aromatic N) is 3. The molecular weight excluding hydrogens is 495 g/mol. The van der Waals surface area contributed by atoms with Crippen molar-refractivity contribution in [3.05, 3.63) is 70.9 Å². The number of carboxylic acids is 1. The maximum Gasteiger partial charge on any atom is 0.417 e. The van der Waals surface area contributed by atoms with Crippen LogP contribution in [0.3, 0.4) is 0 Å². The minimum absolute atomic E-state index is 0.300. The summed E-state index contributed by atoms with van der Waals surface area (Å²) in [5.74, 6) is -0.993. The van der Waals surface area contributed by atoms with Gasteiger partial charge in [0, 0.05) is 17.6 Å². The molecule has 1 fully saturated rings. The van der Waals surface area contributed by atoms with E-state index < -0.39 is 43.7 Å². The van der Waals surface area contributed by atoms with Gasteiger partial charge in [-0.3, -0.25) is 0 Å². The van der Waals surface area contributed by atoms with E-state index in [4.69, 9.17) is 11.6 Å². The van der Waals surface area contributed by atoms with Crippen molar-refractivity contribution in [2.24, 2.45) is 0 Å². The Morgan fingerprint density at radius 2 is 1.85 bits per heavy atom. The normalized spacial score (nSPS) is 18.9. The second-order valence-electron chi connectivity index (χ2n) is 7.94. The van der Waals surface area contributed by atoms with Crippen LogP contribution in [-0.2, 0) is 20.8 Å². The number of alkyl halides is 3. The molecular formula is C22H19ClF3N3O4S. The first kappa shape index (κ1) is 24.1. The van der Waals surface area contributed by atoms with Gasteiger partial charge in [0.05, 0.1) is 27.1 Å². The zero-order valence-electron chi connectivity index (χ0n) is 17.7.